The summed E-state index contributed by atoms with van der Waals surface area (Å²) in [5, 5.41) is 3.97. The van der Waals surface area contributed by atoms with Crippen molar-refractivity contribution in [2.45, 2.75) is 46.6 Å². The lowest BCUT2D eigenvalue weighted by Gasteiger charge is -2.38. The number of carbonyl (C=O) groups excluding carboxylic acids is 1. The zero-order valence-corrected chi connectivity index (χ0v) is 21.6. The number of primary sulfonamides is 1. The van der Waals surface area contributed by atoms with Gasteiger partial charge in [0.05, 0.1) is 11.5 Å². The molecule has 0 bridgehead atoms. The van der Waals surface area contributed by atoms with E-state index in [2.05, 4.69) is 4.98 Å². The number of hydrogen-bond donors (Lipinski definition) is 1. The van der Waals surface area contributed by atoms with Gasteiger partial charge in [-0.1, -0.05) is 0 Å². The number of sulfone groups is 1. The number of likely N-dealkylation sites (tertiary alicyclic amines) is 1. The topological polar surface area (TPSA) is 146 Å². The van der Waals surface area contributed by atoms with E-state index in [0.717, 1.165) is 43.5 Å². The van der Waals surface area contributed by atoms with Gasteiger partial charge in [0, 0.05) is 49.5 Å². The molecule has 3 fully saturated rings. The molecule has 13 heteroatoms. The van der Waals surface area contributed by atoms with E-state index in [4.69, 9.17) is 14.6 Å². The first-order chi connectivity index (χ1) is 17.5. The molecule has 1 aromatic heterocycles. The van der Waals surface area contributed by atoms with Crippen molar-refractivity contribution in [3.63, 3.8) is 0 Å². The summed E-state index contributed by atoms with van der Waals surface area (Å²) in [4.78, 5) is 18.0. The standard InChI is InChI=1S/C24H28FN3O7S2/c25-20-11-18(37(26,32)33)3-4-22(20)36(30,31)19-12-28(13-19)24(29)17-9-21(16-1-2-16)27-23(10-17)35-14-15-5-7-34-8-6-15/h3-4,9-11,15-16,19H,1-2,5-8,12-14H2,(H2,26,32,33). The van der Waals surface area contributed by atoms with Gasteiger partial charge in [0.2, 0.25) is 15.9 Å². The second kappa shape index (κ2) is 9.93. The second-order valence-electron chi connectivity index (χ2n) is 9.77. The molecule has 1 aromatic carbocycles. The van der Waals surface area contributed by atoms with Crippen LogP contribution in [0.1, 0.15) is 47.7 Å². The summed E-state index contributed by atoms with van der Waals surface area (Å²) in [7, 11) is -8.31. The van der Waals surface area contributed by atoms with Crippen molar-refractivity contribution in [1.82, 2.24) is 9.88 Å². The first-order valence-electron chi connectivity index (χ1n) is 12.1. The number of sulfonamides is 1. The summed E-state index contributed by atoms with van der Waals surface area (Å²) in [6.07, 6.45) is 3.79. The summed E-state index contributed by atoms with van der Waals surface area (Å²) in [5.74, 6) is -0.533. The lowest BCUT2D eigenvalue weighted by molar-refractivity contribution is 0.0489. The Morgan fingerprint density at radius 1 is 1.08 bits per heavy atom. The third-order valence-corrected chi connectivity index (χ3v) is 10.0. The van der Waals surface area contributed by atoms with Crippen molar-refractivity contribution < 1.29 is 35.5 Å². The van der Waals surface area contributed by atoms with Gasteiger partial charge in [0.15, 0.2) is 9.84 Å². The predicted octanol–water partition coefficient (Wildman–Crippen LogP) is 1.85. The molecular formula is C24H28FN3O7S2. The summed E-state index contributed by atoms with van der Waals surface area (Å²) < 4.78 is 74.5. The van der Waals surface area contributed by atoms with Crippen LogP contribution in [0.4, 0.5) is 4.39 Å². The number of ether oxygens (including phenoxy) is 2. The minimum atomic E-state index is -4.18. The van der Waals surface area contributed by atoms with Crippen molar-refractivity contribution >= 4 is 25.8 Å². The van der Waals surface area contributed by atoms with Gasteiger partial charge in [-0.25, -0.2) is 31.3 Å². The van der Waals surface area contributed by atoms with Crippen LogP contribution in [0.25, 0.3) is 0 Å². The zero-order valence-electron chi connectivity index (χ0n) is 20.0. The maximum absolute atomic E-state index is 14.5. The van der Waals surface area contributed by atoms with E-state index in [1.54, 1.807) is 12.1 Å². The van der Waals surface area contributed by atoms with Crippen LogP contribution in [0.2, 0.25) is 0 Å². The first-order valence-corrected chi connectivity index (χ1v) is 15.2. The molecule has 2 N–H and O–H groups in total. The average Bonchev–Trinajstić information content (AvgIpc) is 3.67. The van der Waals surface area contributed by atoms with Crippen LogP contribution in [0, 0.1) is 11.7 Å². The van der Waals surface area contributed by atoms with Crippen LogP contribution in [-0.4, -0.2) is 70.8 Å². The number of halogens is 1. The molecule has 1 aliphatic carbocycles. The van der Waals surface area contributed by atoms with Crippen molar-refractivity contribution in [1.29, 1.82) is 0 Å². The van der Waals surface area contributed by atoms with E-state index in [1.807, 2.05) is 0 Å². The van der Waals surface area contributed by atoms with Gasteiger partial charge in [0.1, 0.15) is 16.0 Å². The number of hydrogen-bond acceptors (Lipinski definition) is 8. The Hall–Kier alpha value is -2.61. The highest BCUT2D eigenvalue weighted by molar-refractivity contribution is 7.92. The molecule has 10 nitrogen and oxygen atoms in total. The van der Waals surface area contributed by atoms with E-state index < -0.39 is 40.7 Å². The number of rotatable bonds is 8. The Morgan fingerprint density at radius 3 is 2.41 bits per heavy atom. The summed E-state index contributed by atoms with van der Waals surface area (Å²) in [6, 6.07) is 5.74. The third-order valence-electron chi connectivity index (χ3n) is 6.98. The number of benzene rings is 1. The number of nitrogens with two attached hydrogens (primary N) is 1. The van der Waals surface area contributed by atoms with E-state index in [0.29, 0.717) is 43.2 Å². The van der Waals surface area contributed by atoms with Crippen molar-refractivity contribution in [3.05, 3.63) is 47.4 Å². The van der Waals surface area contributed by atoms with Gasteiger partial charge in [-0.2, -0.15) is 0 Å². The minimum absolute atomic E-state index is 0.114. The first kappa shape index (κ1) is 26.0. The Labute approximate surface area is 214 Å². The van der Waals surface area contributed by atoms with Gasteiger partial charge in [-0.05, 0) is 55.9 Å². The monoisotopic (exact) mass is 553 g/mol. The predicted molar refractivity (Wildman–Crippen MR) is 130 cm³/mol. The number of amides is 1. The molecule has 1 saturated carbocycles. The molecule has 5 rings (SSSR count). The SMILES string of the molecule is NS(=O)(=O)c1ccc(S(=O)(=O)C2CN(C(=O)c3cc(OCC4CCOCC4)nc(C4CC4)c3)C2)c(F)c1. The van der Waals surface area contributed by atoms with Crippen LogP contribution in [0.15, 0.2) is 40.1 Å². The fourth-order valence-electron chi connectivity index (χ4n) is 4.48. The van der Waals surface area contributed by atoms with Crippen molar-refractivity contribution in [2.75, 3.05) is 32.9 Å². The Kier molecular flexibility index (Phi) is 6.98. The van der Waals surface area contributed by atoms with Crippen molar-refractivity contribution in [2.24, 2.45) is 11.1 Å². The number of nitrogens with zero attached hydrogens (tertiary/aromatic N) is 2. The second-order valence-corrected chi connectivity index (χ2v) is 13.5. The van der Waals surface area contributed by atoms with Gasteiger partial charge in [-0.15, -0.1) is 0 Å². The molecule has 2 aromatic rings. The quantitative estimate of drug-likeness (QED) is 0.521. The van der Waals surface area contributed by atoms with E-state index >= 15 is 0 Å². The fraction of sp³-hybridized carbons (Fsp3) is 0.500. The van der Waals surface area contributed by atoms with Crippen LogP contribution in [-0.2, 0) is 24.6 Å². The highest BCUT2D eigenvalue weighted by atomic mass is 32.2. The number of carbonyl (C=O) groups is 1. The summed E-state index contributed by atoms with van der Waals surface area (Å²) in [5.41, 5.74) is 1.16. The fourth-order valence-corrected chi connectivity index (χ4v) is 6.70. The van der Waals surface area contributed by atoms with Crippen molar-refractivity contribution in [3.8, 4) is 5.88 Å². The molecule has 200 valence electrons. The Morgan fingerprint density at radius 2 is 1.78 bits per heavy atom. The van der Waals surface area contributed by atoms with E-state index in [1.165, 1.54) is 4.90 Å². The smallest absolute Gasteiger partial charge is 0.254 e. The molecular weight excluding hydrogens is 525 g/mol. The normalized spacial score (nSPS) is 19.5. The molecule has 0 unspecified atom stereocenters. The molecule has 0 spiro atoms. The Bertz CT molecular complexity index is 1420. The summed E-state index contributed by atoms with van der Waals surface area (Å²) >= 11 is 0. The highest BCUT2D eigenvalue weighted by Gasteiger charge is 2.42. The van der Waals surface area contributed by atoms with Crippen LogP contribution in [0.3, 0.4) is 0 Å². The summed E-state index contributed by atoms with van der Waals surface area (Å²) in [6.45, 7) is 1.66. The largest absolute Gasteiger partial charge is 0.477 e. The van der Waals surface area contributed by atoms with Gasteiger partial charge in [0.25, 0.3) is 5.91 Å². The number of pyridine rings is 1. The molecule has 1 amide bonds. The molecule has 2 saturated heterocycles. The average molecular weight is 554 g/mol. The minimum Gasteiger partial charge on any atom is -0.477 e. The zero-order chi connectivity index (χ0) is 26.4. The van der Waals surface area contributed by atoms with Gasteiger partial charge < -0.3 is 14.4 Å². The molecule has 2 aliphatic heterocycles. The van der Waals surface area contributed by atoms with Crippen LogP contribution >= 0.6 is 0 Å². The molecule has 3 heterocycles. The van der Waals surface area contributed by atoms with Crippen LogP contribution in [0.5, 0.6) is 5.88 Å². The van der Waals surface area contributed by atoms with E-state index in [-0.39, 0.29) is 24.9 Å². The lowest BCUT2D eigenvalue weighted by atomic mass is 10.0. The maximum atomic E-state index is 14.5. The third kappa shape index (κ3) is 5.64. The molecule has 0 atom stereocenters. The number of aromatic nitrogens is 1. The Balaban J connectivity index is 1.28. The highest BCUT2D eigenvalue weighted by Crippen LogP contribution is 2.40. The maximum Gasteiger partial charge on any atom is 0.254 e. The molecule has 37 heavy (non-hydrogen) atoms. The van der Waals surface area contributed by atoms with Crippen LogP contribution < -0.4 is 9.88 Å². The molecule has 0 radical (unpaired) electrons. The van der Waals surface area contributed by atoms with Gasteiger partial charge in [-0.3, -0.25) is 4.79 Å². The van der Waals surface area contributed by atoms with E-state index in [9.17, 15) is 26.0 Å². The molecule has 3 aliphatic rings. The lowest BCUT2D eigenvalue weighted by Crippen LogP contribution is -2.57. The van der Waals surface area contributed by atoms with Gasteiger partial charge >= 0.3 is 0 Å².